The molecule has 13 nitrogen and oxygen atoms in total. The Hall–Kier alpha value is -3.64. The summed E-state index contributed by atoms with van der Waals surface area (Å²) in [7, 11) is 0. The Labute approximate surface area is 133 Å². The molecule has 0 aromatic heterocycles. The van der Waals surface area contributed by atoms with Gasteiger partial charge in [0.15, 0.2) is 0 Å². The summed E-state index contributed by atoms with van der Waals surface area (Å²) >= 11 is 0. The van der Waals surface area contributed by atoms with E-state index in [1.165, 1.54) is 0 Å². The molecule has 0 spiro atoms. The molecule has 1 rings (SSSR count). The van der Waals surface area contributed by atoms with Crippen molar-refractivity contribution in [3.8, 4) is 0 Å². The summed E-state index contributed by atoms with van der Waals surface area (Å²) < 4.78 is 0. The second kappa shape index (κ2) is 6.64. The standard InChI is InChI=1S/C11H11N5O8/c1-4-9(14(19)20)7(12-5(2)17)11(16(23)24)8(13-6(3)18)10(4)15(21)22/h1-3H3,(H,12,17)(H,13,18). The van der Waals surface area contributed by atoms with Crippen molar-refractivity contribution < 1.29 is 24.4 Å². The van der Waals surface area contributed by atoms with Gasteiger partial charge in [-0.25, -0.2) is 0 Å². The number of anilines is 2. The molecule has 0 aliphatic carbocycles. The summed E-state index contributed by atoms with van der Waals surface area (Å²) in [6.07, 6.45) is 0. The molecule has 0 bridgehead atoms. The SMILES string of the molecule is CC(=O)Nc1c([N+](=O)[O-])c(C)c([N+](=O)[O-])c(NC(C)=O)c1[N+](=O)[O-]. The van der Waals surface area contributed by atoms with Crippen molar-refractivity contribution in [1.29, 1.82) is 0 Å². The minimum Gasteiger partial charge on any atom is -0.315 e. The first-order chi connectivity index (χ1) is 11.0. The van der Waals surface area contributed by atoms with E-state index in [0.717, 1.165) is 20.8 Å². The van der Waals surface area contributed by atoms with Crippen LogP contribution in [0.25, 0.3) is 0 Å². The second-order valence-corrected chi connectivity index (χ2v) is 4.55. The van der Waals surface area contributed by atoms with Crippen LogP contribution in [-0.2, 0) is 9.59 Å². The number of nitro groups is 3. The van der Waals surface area contributed by atoms with E-state index in [-0.39, 0.29) is 0 Å². The number of benzene rings is 1. The number of carbonyl (C=O) groups is 2. The van der Waals surface area contributed by atoms with Gasteiger partial charge < -0.3 is 10.6 Å². The van der Waals surface area contributed by atoms with Gasteiger partial charge in [-0.15, -0.1) is 0 Å². The van der Waals surface area contributed by atoms with Gasteiger partial charge in [-0.05, 0) is 6.92 Å². The van der Waals surface area contributed by atoms with Gasteiger partial charge in [-0.2, -0.15) is 0 Å². The lowest BCUT2D eigenvalue weighted by atomic mass is 10.1. The molecule has 0 atom stereocenters. The van der Waals surface area contributed by atoms with Crippen molar-refractivity contribution in [1.82, 2.24) is 0 Å². The zero-order chi connectivity index (χ0) is 18.8. The van der Waals surface area contributed by atoms with Crippen LogP contribution in [0.1, 0.15) is 19.4 Å². The highest BCUT2D eigenvalue weighted by atomic mass is 16.6. The maximum absolute atomic E-state index is 11.3. The Kier molecular flexibility index (Phi) is 5.09. The average molecular weight is 341 g/mol. The highest BCUT2D eigenvalue weighted by molar-refractivity contribution is 6.05. The molecule has 0 heterocycles. The van der Waals surface area contributed by atoms with Gasteiger partial charge in [0.2, 0.25) is 23.2 Å². The smallest absolute Gasteiger partial charge is 0.315 e. The molecule has 2 amide bonds. The average Bonchev–Trinajstić information content (AvgIpc) is 2.35. The van der Waals surface area contributed by atoms with Crippen molar-refractivity contribution in [2.75, 3.05) is 10.6 Å². The number of rotatable bonds is 5. The molecule has 0 fully saturated rings. The lowest BCUT2D eigenvalue weighted by Crippen LogP contribution is -2.16. The lowest BCUT2D eigenvalue weighted by Gasteiger charge is -2.12. The number of carbonyl (C=O) groups excluding carboxylic acids is 2. The van der Waals surface area contributed by atoms with E-state index in [0.29, 0.717) is 0 Å². The molecule has 0 aliphatic rings. The lowest BCUT2D eigenvalue weighted by molar-refractivity contribution is -0.401. The largest absolute Gasteiger partial charge is 0.330 e. The number of nitrogens with zero attached hydrogens (tertiary/aromatic N) is 3. The predicted molar refractivity (Wildman–Crippen MR) is 79.7 cm³/mol. The number of nitrogens with one attached hydrogen (secondary N) is 2. The van der Waals surface area contributed by atoms with Crippen LogP contribution >= 0.6 is 0 Å². The molecular weight excluding hydrogens is 330 g/mol. The number of amides is 2. The molecule has 1 aromatic rings. The van der Waals surface area contributed by atoms with Gasteiger partial charge in [0, 0.05) is 13.8 Å². The summed E-state index contributed by atoms with van der Waals surface area (Å²) in [5.41, 5.74) is -5.39. The van der Waals surface area contributed by atoms with E-state index < -0.39 is 60.6 Å². The number of hydrogen-bond donors (Lipinski definition) is 2. The molecule has 13 heteroatoms. The maximum Gasteiger partial charge on any atom is 0.330 e. The molecule has 128 valence electrons. The van der Waals surface area contributed by atoms with Crippen LogP contribution in [0, 0.1) is 37.3 Å². The summed E-state index contributed by atoms with van der Waals surface area (Å²) in [5, 5.41) is 37.6. The highest BCUT2D eigenvalue weighted by Gasteiger charge is 2.41. The van der Waals surface area contributed by atoms with Crippen LogP contribution in [-0.4, -0.2) is 26.6 Å². The van der Waals surface area contributed by atoms with Crippen molar-refractivity contribution in [2.45, 2.75) is 20.8 Å². The normalized spacial score (nSPS) is 9.96. The predicted octanol–water partition coefficient (Wildman–Crippen LogP) is 1.64. The molecule has 0 radical (unpaired) electrons. The van der Waals surface area contributed by atoms with E-state index in [1.807, 2.05) is 10.6 Å². The van der Waals surface area contributed by atoms with Crippen LogP contribution in [0.3, 0.4) is 0 Å². The Balaban J connectivity index is 4.12. The fourth-order valence-electron chi connectivity index (χ4n) is 2.06. The first-order valence-electron chi connectivity index (χ1n) is 6.17. The summed E-state index contributed by atoms with van der Waals surface area (Å²) in [5.74, 6) is -1.74. The second-order valence-electron chi connectivity index (χ2n) is 4.55. The van der Waals surface area contributed by atoms with E-state index in [9.17, 15) is 39.9 Å². The molecular formula is C11H11N5O8. The molecule has 0 unspecified atom stereocenters. The highest BCUT2D eigenvalue weighted by Crippen LogP contribution is 2.49. The van der Waals surface area contributed by atoms with Crippen LogP contribution in [0.2, 0.25) is 0 Å². The Morgan fingerprint density at radius 3 is 1.25 bits per heavy atom. The molecule has 24 heavy (non-hydrogen) atoms. The molecule has 1 aromatic carbocycles. The van der Waals surface area contributed by atoms with Crippen molar-refractivity contribution >= 4 is 40.3 Å². The van der Waals surface area contributed by atoms with E-state index in [4.69, 9.17) is 0 Å². The summed E-state index contributed by atoms with van der Waals surface area (Å²) in [6, 6.07) is 0. The van der Waals surface area contributed by atoms with E-state index >= 15 is 0 Å². The maximum atomic E-state index is 11.3. The molecule has 0 saturated heterocycles. The van der Waals surface area contributed by atoms with Crippen molar-refractivity contribution in [2.24, 2.45) is 0 Å². The molecule has 0 saturated carbocycles. The Morgan fingerprint density at radius 1 is 0.750 bits per heavy atom. The quantitative estimate of drug-likeness (QED) is 0.596. The van der Waals surface area contributed by atoms with Gasteiger partial charge >= 0.3 is 17.1 Å². The third kappa shape index (κ3) is 3.40. The Bertz CT molecular complexity index is 732. The first kappa shape index (κ1) is 18.4. The topological polar surface area (TPSA) is 188 Å². The fourth-order valence-corrected chi connectivity index (χ4v) is 2.06. The summed E-state index contributed by atoms with van der Waals surface area (Å²) in [6.45, 7) is 2.88. The van der Waals surface area contributed by atoms with Crippen LogP contribution in [0.5, 0.6) is 0 Å². The molecule has 0 aliphatic heterocycles. The minimum absolute atomic E-state index is 0.553. The summed E-state index contributed by atoms with van der Waals surface area (Å²) in [4.78, 5) is 53.0. The fraction of sp³-hybridized carbons (Fsp3) is 0.273. The van der Waals surface area contributed by atoms with Gasteiger partial charge in [0.25, 0.3) is 0 Å². The van der Waals surface area contributed by atoms with E-state index in [1.54, 1.807) is 0 Å². The third-order valence-corrected chi connectivity index (χ3v) is 2.81. The van der Waals surface area contributed by atoms with Gasteiger partial charge in [-0.3, -0.25) is 39.9 Å². The van der Waals surface area contributed by atoms with Crippen molar-refractivity contribution in [3.63, 3.8) is 0 Å². The Morgan fingerprint density at radius 2 is 1.04 bits per heavy atom. The van der Waals surface area contributed by atoms with Gasteiger partial charge in [-0.1, -0.05) is 0 Å². The molecule has 2 N–H and O–H groups in total. The van der Waals surface area contributed by atoms with Gasteiger partial charge in [0.05, 0.1) is 14.8 Å². The zero-order valence-corrected chi connectivity index (χ0v) is 12.6. The number of hydrogen-bond acceptors (Lipinski definition) is 8. The number of nitro benzene ring substituents is 3. The van der Waals surface area contributed by atoms with E-state index in [2.05, 4.69) is 0 Å². The van der Waals surface area contributed by atoms with Crippen molar-refractivity contribution in [3.05, 3.63) is 35.9 Å². The first-order valence-corrected chi connectivity index (χ1v) is 6.17. The van der Waals surface area contributed by atoms with Crippen LogP contribution in [0.4, 0.5) is 28.4 Å². The third-order valence-electron chi connectivity index (χ3n) is 2.81. The van der Waals surface area contributed by atoms with Crippen LogP contribution < -0.4 is 10.6 Å². The monoisotopic (exact) mass is 341 g/mol. The zero-order valence-electron chi connectivity index (χ0n) is 12.6. The van der Waals surface area contributed by atoms with Gasteiger partial charge in [0.1, 0.15) is 5.56 Å². The minimum atomic E-state index is -1.16. The van der Waals surface area contributed by atoms with Crippen LogP contribution in [0.15, 0.2) is 0 Å².